The van der Waals surface area contributed by atoms with E-state index in [4.69, 9.17) is 4.52 Å². The predicted molar refractivity (Wildman–Crippen MR) is 91.0 cm³/mol. The van der Waals surface area contributed by atoms with Gasteiger partial charge in [0.2, 0.25) is 0 Å². The molecule has 3 aromatic rings. The van der Waals surface area contributed by atoms with Crippen molar-refractivity contribution in [2.24, 2.45) is 0 Å². The quantitative estimate of drug-likeness (QED) is 0.779. The molecule has 0 spiro atoms. The van der Waals surface area contributed by atoms with E-state index in [0.717, 1.165) is 21.7 Å². The number of anilines is 1. The van der Waals surface area contributed by atoms with E-state index in [0.29, 0.717) is 10.9 Å². The summed E-state index contributed by atoms with van der Waals surface area (Å²) in [5, 5.41) is 7.06. The fraction of sp³-hybridized carbons (Fsp3) is 0.235. The maximum Gasteiger partial charge on any atom is 0.279 e. The topological polar surface area (TPSA) is 68.0 Å². The molecule has 0 saturated heterocycles. The fourth-order valence-electron chi connectivity index (χ4n) is 2.33. The smallest absolute Gasteiger partial charge is 0.279 e. The van der Waals surface area contributed by atoms with Crippen LogP contribution in [0.2, 0.25) is 0 Å². The number of nitrogens with one attached hydrogen (secondary N) is 1. The van der Waals surface area contributed by atoms with Gasteiger partial charge in [-0.1, -0.05) is 22.9 Å². The number of rotatable bonds is 3. The average Bonchev–Trinajstić information content (AvgIpc) is 3.08. The maximum absolute atomic E-state index is 12.1. The Morgan fingerprint density at radius 1 is 1.17 bits per heavy atom. The number of thiazole rings is 1. The van der Waals surface area contributed by atoms with Gasteiger partial charge in [-0.2, -0.15) is 0 Å². The molecule has 0 aliphatic carbocycles. The van der Waals surface area contributed by atoms with Gasteiger partial charge in [-0.3, -0.25) is 10.1 Å². The number of carbonyl (C=O) groups is 1. The minimum absolute atomic E-state index is 0.253. The van der Waals surface area contributed by atoms with Crippen molar-refractivity contribution in [2.75, 3.05) is 5.32 Å². The van der Waals surface area contributed by atoms with Gasteiger partial charge < -0.3 is 4.52 Å². The zero-order valence-electron chi connectivity index (χ0n) is 13.4. The highest BCUT2D eigenvalue weighted by Gasteiger charge is 2.16. The summed E-state index contributed by atoms with van der Waals surface area (Å²) >= 11 is 1.45. The third-order valence-corrected chi connectivity index (χ3v) is 4.41. The van der Waals surface area contributed by atoms with Crippen LogP contribution in [-0.2, 0) is 0 Å². The van der Waals surface area contributed by atoms with Crippen molar-refractivity contribution in [3.63, 3.8) is 0 Å². The van der Waals surface area contributed by atoms with Crippen molar-refractivity contribution < 1.29 is 9.32 Å². The molecule has 0 atom stereocenters. The molecule has 0 aliphatic rings. The Labute approximate surface area is 138 Å². The van der Waals surface area contributed by atoms with Gasteiger partial charge in [0.05, 0.1) is 5.69 Å². The molecule has 2 heterocycles. The van der Waals surface area contributed by atoms with Gasteiger partial charge in [-0.15, -0.1) is 11.3 Å². The Bertz CT molecular complexity index is 880. The molecule has 1 aromatic carbocycles. The number of carbonyl (C=O) groups excluding carboxylic acids is 1. The zero-order chi connectivity index (χ0) is 16.6. The molecule has 3 rings (SSSR count). The van der Waals surface area contributed by atoms with Crippen LogP contribution >= 0.6 is 11.3 Å². The largest absolute Gasteiger partial charge is 0.361 e. The fourth-order valence-corrected chi connectivity index (χ4v) is 3.15. The third kappa shape index (κ3) is 3.17. The molecule has 0 aliphatic heterocycles. The van der Waals surface area contributed by atoms with Crippen LogP contribution < -0.4 is 5.32 Å². The molecular weight excluding hydrogens is 310 g/mol. The van der Waals surface area contributed by atoms with E-state index in [2.05, 4.69) is 47.5 Å². The Morgan fingerprint density at radius 2 is 1.96 bits per heavy atom. The van der Waals surface area contributed by atoms with E-state index in [1.165, 1.54) is 16.9 Å². The monoisotopic (exact) mass is 327 g/mol. The molecule has 1 amide bonds. The normalized spacial score (nSPS) is 10.8. The standard InChI is InChI=1S/C17H17N3O2S/c1-9-5-6-10(2)13(7-9)15-12(4)23-17(18-15)19-16(21)14-8-11(3)22-20-14/h5-8H,1-4H3,(H,18,19,21). The van der Waals surface area contributed by atoms with Gasteiger partial charge in [0, 0.05) is 16.5 Å². The second-order valence-corrected chi connectivity index (χ2v) is 6.72. The number of benzene rings is 1. The first-order valence-electron chi connectivity index (χ1n) is 7.24. The molecule has 1 N–H and O–H groups in total. The first kappa shape index (κ1) is 15.4. The number of nitrogens with zero attached hydrogens (tertiary/aromatic N) is 2. The molecule has 0 bridgehead atoms. The van der Waals surface area contributed by atoms with Gasteiger partial charge in [0.25, 0.3) is 5.91 Å². The SMILES string of the molecule is Cc1ccc(C)c(-c2nc(NC(=O)c3cc(C)on3)sc2C)c1. The number of aryl methyl sites for hydroxylation is 4. The number of hydrogen-bond acceptors (Lipinski definition) is 5. The average molecular weight is 327 g/mol. The van der Waals surface area contributed by atoms with E-state index < -0.39 is 0 Å². The molecular formula is C17H17N3O2S. The van der Waals surface area contributed by atoms with Crippen LogP contribution in [0, 0.1) is 27.7 Å². The molecule has 2 aromatic heterocycles. The lowest BCUT2D eigenvalue weighted by molar-refractivity contribution is 0.101. The molecule has 0 radical (unpaired) electrons. The summed E-state index contributed by atoms with van der Waals surface area (Å²) in [5.41, 5.74) is 4.60. The van der Waals surface area contributed by atoms with Crippen LogP contribution in [0.5, 0.6) is 0 Å². The summed E-state index contributed by atoms with van der Waals surface area (Å²) in [4.78, 5) is 17.8. The van der Waals surface area contributed by atoms with Gasteiger partial charge in [-0.05, 0) is 39.3 Å². The molecule has 0 saturated carbocycles. The lowest BCUT2D eigenvalue weighted by Gasteiger charge is -2.05. The van der Waals surface area contributed by atoms with E-state index in [-0.39, 0.29) is 11.6 Å². The van der Waals surface area contributed by atoms with Gasteiger partial charge >= 0.3 is 0 Å². The Hall–Kier alpha value is -2.47. The lowest BCUT2D eigenvalue weighted by atomic mass is 10.0. The van der Waals surface area contributed by atoms with E-state index in [1.807, 2.05) is 6.92 Å². The molecule has 6 heteroatoms. The van der Waals surface area contributed by atoms with E-state index in [1.54, 1.807) is 13.0 Å². The summed E-state index contributed by atoms with van der Waals surface area (Å²) < 4.78 is 4.92. The number of amides is 1. The Balaban J connectivity index is 1.89. The number of hydrogen-bond donors (Lipinski definition) is 1. The van der Waals surface area contributed by atoms with Crippen LogP contribution in [0.15, 0.2) is 28.8 Å². The van der Waals surface area contributed by atoms with Crippen molar-refractivity contribution in [1.82, 2.24) is 10.1 Å². The highest BCUT2D eigenvalue weighted by Crippen LogP contribution is 2.32. The van der Waals surface area contributed by atoms with Crippen LogP contribution in [0.4, 0.5) is 5.13 Å². The maximum atomic E-state index is 12.1. The lowest BCUT2D eigenvalue weighted by Crippen LogP contribution is -2.11. The molecule has 0 fully saturated rings. The molecule has 5 nitrogen and oxygen atoms in total. The molecule has 0 unspecified atom stereocenters. The van der Waals surface area contributed by atoms with Crippen LogP contribution in [0.25, 0.3) is 11.3 Å². The van der Waals surface area contributed by atoms with E-state index in [9.17, 15) is 4.79 Å². The summed E-state index contributed by atoms with van der Waals surface area (Å²) in [6.45, 7) is 7.87. The highest BCUT2D eigenvalue weighted by molar-refractivity contribution is 7.16. The second kappa shape index (κ2) is 5.96. The highest BCUT2D eigenvalue weighted by atomic mass is 32.1. The van der Waals surface area contributed by atoms with Crippen molar-refractivity contribution in [3.05, 3.63) is 51.7 Å². The molecule has 118 valence electrons. The van der Waals surface area contributed by atoms with Gasteiger partial charge in [0.1, 0.15) is 5.76 Å². The van der Waals surface area contributed by atoms with Crippen LogP contribution in [0.1, 0.15) is 32.3 Å². The van der Waals surface area contributed by atoms with Crippen LogP contribution in [-0.4, -0.2) is 16.0 Å². The number of aromatic nitrogens is 2. The van der Waals surface area contributed by atoms with Crippen molar-refractivity contribution in [3.8, 4) is 11.3 Å². The third-order valence-electron chi connectivity index (χ3n) is 3.53. The van der Waals surface area contributed by atoms with Gasteiger partial charge in [0.15, 0.2) is 10.8 Å². The first-order valence-corrected chi connectivity index (χ1v) is 8.05. The minimum atomic E-state index is -0.317. The van der Waals surface area contributed by atoms with Crippen molar-refractivity contribution in [1.29, 1.82) is 0 Å². The van der Waals surface area contributed by atoms with E-state index >= 15 is 0 Å². The second-order valence-electron chi connectivity index (χ2n) is 5.52. The van der Waals surface area contributed by atoms with Crippen molar-refractivity contribution in [2.45, 2.75) is 27.7 Å². The Morgan fingerprint density at radius 3 is 2.65 bits per heavy atom. The zero-order valence-corrected chi connectivity index (χ0v) is 14.2. The Kier molecular flexibility index (Phi) is 4.00. The predicted octanol–water partition coefficient (Wildman–Crippen LogP) is 4.28. The van der Waals surface area contributed by atoms with Crippen LogP contribution in [0.3, 0.4) is 0 Å². The summed E-state index contributed by atoms with van der Waals surface area (Å²) in [5.74, 6) is 0.282. The summed E-state index contributed by atoms with van der Waals surface area (Å²) in [6, 6.07) is 7.88. The minimum Gasteiger partial charge on any atom is -0.361 e. The summed E-state index contributed by atoms with van der Waals surface area (Å²) in [6.07, 6.45) is 0. The van der Waals surface area contributed by atoms with Crippen molar-refractivity contribution >= 4 is 22.4 Å². The summed E-state index contributed by atoms with van der Waals surface area (Å²) in [7, 11) is 0. The molecule has 23 heavy (non-hydrogen) atoms. The van der Waals surface area contributed by atoms with Gasteiger partial charge in [-0.25, -0.2) is 4.98 Å². The first-order chi connectivity index (χ1) is 10.9.